The first-order valence-electron chi connectivity index (χ1n) is 4.51. The maximum atomic E-state index is 10.4. The smallest absolute Gasteiger partial charge is 0.328 e. The molecule has 15 heavy (non-hydrogen) atoms. The second kappa shape index (κ2) is 3.57. The summed E-state index contributed by atoms with van der Waals surface area (Å²) in [4.78, 5) is 10.4. The molecule has 0 bridgehead atoms. The molecule has 0 saturated carbocycles. The lowest BCUT2D eigenvalue weighted by atomic mass is 10.2. The van der Waals surface area contributed by atoms with Crippen LogP contribution < -0.4 is 0 Å². The quantitative estimate of drug-likeness (QED) is 0.753. The Morgan fingerprint density at radius 2 is 2.20 bits per heavy atom. The summed E-state index contributed by atoms with van der Waals surface area (Å²) in [6, 6.07) is 7.70. The molecule has 1 aromatic carbocycles. The molecule has 0 unspecified atom stereocenters. The zero-order valence-electron chi connectivity index (χ0n) is 8.21. The highest BCUT2D eigenvalue weighted by atomic mass is 16.4. The predicted molar refractivity (Wildman–Crippen MR) is 57.4 cm³/mol. The van der Waals surface area contributed by atoms with Crippen molar-refractivity contribution >= 4 is 22.9 Å². The van der Waals surface area contributed by atoms with Gasteiger partial charge in [-0.3, -0.25) is 4.68 Å². The van der Waals surface area contributed by atoms with Gasteiger partial charge in [0.15, 0.2) is 0 Å². The zero-order valence-corrected chi connectivity index (χ0v) is 8.21. The van der Waals surface area contributed by atoms with E-state index in [-0.39, 0.29) is 0 Å². The first kappa shape index (κ1) is 9.45. The van der Waals surface area contributed by atoms with Crippen LogP contribution in [0.4, 0.5) is 0 Å². The van der Waals surface area contributed by atoms with Gasteiger partial charge in [0.2, 0.25) is 0 Å². The fraction of sp³-hybridized carbons (Fsp3) is 0.0909. The number of aryl methyl sites for hydroxylation is 1. The Hall–Kier alpha value is -2.10. The van der Waals surface area contributed by atoms with Crippen LogP contribution in [0.2, 0.25) is 0 Å². The average molecular weight is 202 g/mol. The minimum Gasteiger partial charge on any atom is -0.478 e. The van der Waals surface area contributed by atoms with Crippen molar-refractivity contribution in [1.29, 1.82) is 0 Å². The number of hydrogen-bond acceptors (Lipinski definition) is 2. The summed E-state index contributed by atoms with van der Waals surface area (Å²) in [5.74, 6) is -0.968. The Morgan fingerprint density at radius 3 is 2.93 bits per heavy atom. The van der Waals surface area contributed by atoms with Gasteiger partial charge in [-0.2, -0.15) is 5.10 Å². The number of carbonyl (C=O) groups is 1. The molecule has 4 nitrogen and oxygen atoms in total. The highest BCUT2D eigenvalue weighted by molar-refractivity contribution is 5.91. The molecule has 1 heterocycles. The van der Waals surface area contributed by atoms with Crippen molar-refractivity contribution in [2.45, 2.75) is 0 Å². The third-order valence-corrected chi connectivity index (χ3v) is 2.17. The molecule has 4 heteroatoms. The number of carboxylic acid groups (broad SMARTS) is 1. The molecule has 0 aliphatic rings. The third kappa shape index (κ3) is 1.74. The van der Waals surface area contributed by atoms with Crippen LogP contribution in [-0.2, 0) is 11.8 Å². The molecular weight excluding hydrogens is 192 g/mol. The molecular formula is C11H10N2O2. The molecule has 0 spiro atoms. The molecule has 1 aromatic heterocycles. The molecule has 2 rings (SSSR count). The summed E-state index contributed by atoms with van der Waals surface area (Å²) in [5.41, 5.74) is 1.66. The monoisotopic (exact) mass is 202 g/mol. The molecule has 0 saturated heterocycles. The van der Waals surface area contributed by atoms with Gasteiger partial charge in [-0.05, 0) is 12.1 Å². The van der Waals surface area contributed by atoms with Gasteiger partial charge in [0, 0.05) is 18.5 Å². The van der Waals surface area contributed by atoms with E-state index in [1.165, 1.54) is 6.08 Å². The minimum absolute atomic E-state index is 0.676. The summed E-state index contributed by atoms with van der Waals surface area (Å²) in [7, 11) is 1.83. The highest BCUT2D eigenvalue weighted by Gasteiger charge is 2.04. The van der Waals surface area contributed by atoms with Crippen LogP contribution in [0, 0.1) is 0 Å². The van der Waals surface area contributed by atoms with Gasteiger partial charge >= 0.3 is 5.97 Å². The number of nitrogens with zero attached hydrogens (tertiary/aromatic N) is 2. The normalized spacial score (nSPS) is 11.3. The number of carboxylic acids is 1. The Kier molecular flexibility index (Phi) is 2.25. The highest BCUT2D eigenvalue weighted by Crippen LogP contribution is 2.18. The van der Waals surface area contributed by atoms with Gasteiger partial charge in [0.25, 0.3) is 0 Å². The van der Waals surface area contributed by atoms with Gasteiger partial charge in [0.1, 0.15) is 0 Å². The maximum absolute atomic E-state index is 10.4. The van der Waals surface area contributed by atoms with Crippen molar-refractivity contribution in [3.8, 4) is 0 Å². The van der Waals surface area contributed by atoms with Crippen molar-refractivity contribution in [3.05, 3.63) is 36.0 Å². The van der Waals surface area contributed by atoms with Crippen LogP contribution in [0.3, 0.4) is 0 Å². The van der Waals surface area contributed by atoms with E-state index < -0.39 is 5.97 Å². The molecule has 0 amide bonds. The number of aliphatic carboxylic acids is 1. The summed E-state index contributed by atoms with van der Waals surface area (Å²) in [6.45, 7) is 0. The molecule has 1 N–H and O–H groups in total. The van der Waals surface area contributed by atoms with Crippen molar-refractivity contribution in [2.24, 2.45) is 7.05 Å². The van der Waals surface area contributed by atoms with Gasteiger partial charge in [-0.25, -0.2) is 4.79 Å². The van der Waals surface area contributed by atoms with E-state index in [0.29, 0.717) is 5.69 Å². The van der Waals surface area contributed by atoms with Crippen molar-refractivity contribution < 1.29 is 9.90 Å². The Balaban J connectivity index is 2.57. The Labute approximate surface area is 86.4 Å². The van der Waals surface area contributed by atoms with Crippen LogP contribution in [0.25, 0.3) is 17.0 Å². The number of benzene rings is 1. The van der Waals surface area contributed by atoms with E-state index >= 15 is 0 Å². The molecule has 76 valence electrons. The molecule has 0 atom stereocenters. The lowest BCUT2D eigenvalue weighted by Crippen LogP contribution is -1.89. The van der Waals surface area contributed by atoms with E-state index in [1.807, 2.05) is 31.3 Å². The largest absolute Gasteiger partial charge is 0.478 e. The first-order valence-corrected chi connectivity index (χ1v) is 4.51. The Morgan fingerprint density at radius 1 is 1.47 bits per heavy atom. The summed E-state index contributed by atoms with van der Waals surface area (Å²) in [6.07, 6.45) is 2.60. The maximum Gasteiger partial charge on any atom is 0.328 e. The van der Waals surface area contributed by atoms with Crippen LogP contribution in [0.1, 0.15) is 5.69 Å². The number of hydrogen-bond donors (Lipinski definition) is 1. The molecule has 0 radical (unpaired) electrons. The van der Waals surface area contributed by atoms with Crippen LogP contribution >= 0.6 is 0 Å². The fourth-order valence-corrected chi connectivity index (χ4v) is 1.52. The van der Waals surface area contributed by atoms with Crippen LogP contribution in [-0.4, -0.2) is 20.9 Å². The van der Waals surface area contributed by atoms with E-state index in [2.05, 4.69) is 5.10 Å². The van der Waals surface area contributed by atoms with Crippen LogP contribution in [0.5, 0.6) is 0 Å². The summed E-state index contributed by atoms with van der Waals surface area (Å²) < 4.78 is 1.73. The lowest BCUT2D eigenvalue weighted by molar-refractivity contribution is -0.131. The second-order valence-electron chi connectivity index (χ2n) is 3.20. The molecule has 0 aliphatic carbocycles. The van der Waals surface area contributed by atoms with Crippen molar-refractivity contribution in [1.82, 2.24) is 9.78 Å². The fourth-order valence-electron chi connectivity index (χ4n) is 1.52. The molecule has 2 aromatic rings. The predicted octanol–water partition coefficient (Wildman–Crippen LogP) is 1.67. The minimum atomic E-state index is -0.968. The number of fused-ring (bicyclic) bond motifs is 1. The molecule has 0 fully saturated rings. The van der Waals surface area contributed by atoms with Crippen LogP contribution in [0.15, 0.2) is 30.3 Å². The zero-order chi connectivity index (χ0) is 10.8. The lowest BCUT2D eigenvalue weighted by Gasteiger charge is -1.90. The average Bonchev–Trinajstić information content (AvgIpc) is 2.54. The first-order chi connectivity index (χ1) is 7.18. The van der Waals surface area contributed by atoms with Gasteiger partial charge in [-0.15, -0.1) is 0 Å². The number of rotatable bonds is 2. The van der Waals surface area contributed by atoms with Gasteiger partial charge in [0.05, 0.1) is 11.2 Å². The topological polar surface area (TPSA) is 55.1 Å². The number of aromatic nitrogens is 2. The number of para-hydroxylation sites is 1. The van der Waals surface area contributed by atoms with E-state index in [9.17, 15) is 4.79 Å². The Bertz CT molecular complexity index is 541. The standard InChI is InChI=1S/C11H10N2O2/c1-13-10-5-3-2-4-8(10)9(12-13)6-7-11(14)15/h2-7H,1H3,(H,14,15)/b7-6+. The second-order valence-corrected chi connectivity index (χ2v) is 3.20. The van der Waals surface area contributed by atoms with Gasteiger partial charge in [-0.1, -0.05) is 18.2 Å². The molecule has 0 aliphatic heterocycles. The van der Waals surface area contributed by atoms with E-state index in [0.717, 1.165) is 17.0 Å². The summed E-state index contributed by atoms with van der Waals surface area (Å²) >= 11 is 0. The van der Waals surface area contributed by atoms with Gasteiger partial charge < -0.3 is 5.11 Å². The van der Waals surface area contributed by atoms with Crippen molar-refractivity contribution in [2.75, 3.05) is 0 Å². The summed E-state index contributed by atoms with van der Waals surface area (Å²) in [5, 5.41) is 13.7. The van der Waals surface area contributed by atoms with E-state index in [1.54, 1.807) is 4.68 Å². The third-order valence-electron chi connectivity index (χ3n) is 2.17. The SMILES string of the molecule is Cn1nc(/C=C/C(=O)O)c2ccccc21. The van der Waals surface area contributed by atoms with Crippen molar-refractivity contribution in [3.63, 3.8) is 0 Å². The van der Waals surface area contributed by atoms with E-state index in [4.69, 9.17) is 5.11 Å².